The topological polar surface area (TPSA) is 101 Å². The van der Waals surface area contributed by atoms with Gasteiger partial charge in [0.2, 0.25) is 11.7 Å². The molecule has 1 saturated heterocycles. The van der Waals surface area contributed by atoms with Crippen LogP contribution in [-0.4, -0.2) is 55.7 Å². The van der Waals surface area contributed by atoms with Gasteiger partial charge in [-0.1, -0.05) is 29.4 Å². The van der Waals surface area contributed by atoms with E-state index in [0.29, 0.717) is 24.6 Å². The summed E-state index contributed by atoms with van der Waals surface area (Å²) in [6, 6.07) is 12.1. The van der Waals surface area contributed by atoms with Crippen LogP contribution >= 0.6 is 0 Å². The third kappa shape index (κ3) is 5.36. The highest BCUT2D eigenvalue weighted by atomic mass is 19.4. The summed E-state index contributed by atoms with van der Waals surface area (Å²) in [5.41, 5.74) is 2.99. The predicted octanol–water partition coefficient (Wildman–Crippen LogP) is 4.33. The zero-order valence-electron chi connectivity index (χ0n) is 18.2. The molecule has 1 aromatic carbocycles. The Balaban J connectivity index is 0.000000344. The number of carboxylic acid groups (broad SMARTS) is 1. The molecular weight excluding hydrogens is 453 g/mol. The number of rotatable bonds is 4. The summed E-state index contributed by atoms with van der Waals surface area (Å²) >= 11 is 0. The first kappa shape index (κ1) is 23.7. The van der Waals surface area contributed by atoms with E-state index in [-0.39, 0.29) is 11.8 Å². The Labute approximate surface area is 193 Å². The van der Waals surface area contributed by atoms with Crippen molar-refractivity contribution >= 4 is 11.8 Å². The number of ketones is 1. The summed E-state index contributed by atoms with van der Waals surface area (Å²) in [6.45, 7) is 3.40. The van der Waals surface area contributed by atoms with Crippen molar-refractivity contribution < 1.29 is 32.4 Å². The largest absolute Gasteiger partial charge is 0.490 e. The Bertz CT molecular complexity index is 1150. The van der Waals surface area contributed by atoms with Crippen molar-refractivity contribution in [1.82, 2.24) is 19.6 Å². The molecule has 2 aliphatic rings. The molecule has 11 heteroatoms. The first-order valence-electron chi connectivity index (χ1n) is 10.9. The lowest BCUT2D eigenvalue weighted by atomic mass is 10.0. The van der Waals surface area contributed by atoms with Gasteiger partial charge in [0.1, 0.15) is 6.04 Å². The first-order chi connectivity index (χ1) is 16.2. The highest BCUT2D eigenvalue weighted by molar-refractivity contribution is 5.95. The average Bonchev–Trinajstić information content (AvgIpc) is 3.57. The first-order valence-corrected chi connectivity index (χ1v) is 10.9. The molecule has 1 unspecified atom stereocenters. The summed E-state index contributed by atoms with van der Waals surface area (Å²) in [7, 11) is 0. The second-order valence-electron chi connectivity index (χ2n) is 8.22. The normalized spacial score (nSPS) is 18.3. The van der Waals surface area contributed by atoms with E-state index in [2.05, 4.69) is 39.3 Å². The Kier molecular flexibility index (Phi) is 6.82. The molecule has 5 rings (SSSR count). The molecule has 0 saturated carbocycles. The number of aromatic nitrogens is 3. The van der Waals surface area contributed by atoms with Crippen LogP contribution in [0, 0.1) is 0 Å². The molecule has 180 valence electrons. The van der Waals surface area contributed by atoms with Gasteiger partial charge in [0, 0.05) is 24.7 Å². The predicted molar refractivity (Wildman–Crippen MR) is 114 cm³/mol. The standard InChI is InChI=1S/C21H22N4O2.C2HF3O2/c26-19-10-9-18(25-13-3-4-17(19)25)21-22-20(23-27-21)16-7-5-15(6-8-16)14-24-11-1-2-12-24;3-2(4,5)1(6)7/h3-8,13,18H,1-2,9-12,14H2;(H,6,7). The zero-order chi connectivity index (χ0) is 24.3. The van der Waals surface area contributed by atoms with E-state index in [1.165, 1.54) is 31.5 Å². The lowest BCUT2D eigenvalue weighted by molar-refractivity contribution is -0.192. The van der Waals surface area contributed by atoms with Gasteiger partial charge in [0.25, 0.3) is 0 Å². The summed E-state index contributed by atoms with van der Waals surface area (Å²) in [5, 5.41) is 11.3. The number of fused-ring (bicyclic) bond motifs is 1. The maximum atomic E-state index is 12.0. The monoisotopic (exact) mass is 476 g/mol. The molecule has 8 nitrogen and oxygen atoms in total. The van der Waals surface area contributed by atoms with Crippen molar-refractivity contribution in [2.24, 2.45) is 0 Å². The number of alkyl halides is 3. The molecule has 1 atom stereocenters. The quantitative estimate of drug-likeness (QED) is 0.598. The van der Waals surface area contributed by atoms with Crippen LogP contribution in [0.1, 0.15) is 53.7 Å². The van der Waals surface area contributed by atoms with Crippen LogP contribution in [0.15, 0.2) is 47.1 Å². The summed E-state index contributed by atoms with van der Waals surface area (Å²) in [4.78, 5) is 28.0. The lowest BCUT2D eigenvalue weighted by Gasteiger charge is -2.22. The Morgan fingerprint density at radius 1 is 1.15 bits per heavy atom. The molecule has 0 aliphatic carbocycles. The smallest absolute Gasteiger partial charge is 0.475 e. The number of hydrogen-bond acceptors (Lipinski definition) is 6. The second kappa shape index (κ2) is 9.80. The second-order valence-corrected chi connectivity index (χ2v) is 8.22. The number of Topliss-reactive ketones (excluding diaryl/α,β-unsaturated/α-hetero) is 1. The van der Waals surface area contributed by atoms with Gasteiger partial charge in [0.05, 0.1) is 5.69 Å². The Hall–Kier alpha value is -3.47. The fraction of sp³-hybridized carbons (Fsp3) is 0.391. The van der Waals surface area contributed by atoms with Gasteiger partial charge >= 0.3 is 12.1 Å². The molecule has 2 aromatic heterocycles. The Morgan fingerprint density at radius 3 is 2.47 bits per heavy atom. The van der Waals surface area contributed by atoms with Crippen molar-refractivity contribution in [2.45, 2.75) is 44.4 Å². The van der Waals surface area contributed by atoms with Crippen LogP contribution < -0.4 is 0 Å². The molecule has 0 spiro atoms. The van der Waals surface area contributed by atoms with Gasteiger partial charge < -0.3 is 14.2 Å². The fourth-order valence-electron chi connectivity index (χ4n) is 4.13. The number of benzene rings is 1. The molecule has 0 bridgehead atoms. The number of carbonyl (C=O) groups is 2. The minimum Gasteiger partial charge on any atom is -0.475 e. The minimum atomic E-state index is -5.08. The SMILES string of the molecule is O=C(O)C(F)(F)F.O=C1CCC(c2nc(-c3ccc(CN4CCCC4)cc3)no2)n2cccc21. The lowest BCUT2D eigenvalue weighted by Crippen LogP contribution is -2.22. The van der Waals surface area contributed by atoms with E-state index in [4.69, 9.17) is 14.4 Å². The minimum absolute atomic E-state index is 0.0663. The van der Waals surface area contributed by atoms with Crippen LogP contribution in [0.3, 0.4) is 0 Å². The van der Waals surface area contributed by atoms with Crippen molar-refractivity contribution in [3.63, 3.8) is 0 Å². The summed E-state index contributed by atoms with van der Waals surface area (Å²) < 4.78 is 39.2. The van der Waals surface area contributed by atoms with Crippen molar-refractivity contribution in [3.8, 4) is 11.4 Å². The number of halogens is 3. The number of nitrogens with zero attached hydrogens (tertiary/aromatic N) is 4. The number of hydrogen-bond donors (Lipinski definition) is 1. The highest BCUT2D eigenvalue weighted by Crippen LogP contribution is 2.31. The molecule has 0 amide bonds. The number of aliphatic carboxylic acids is 1. The van der Waals surface area contributed by atoms with Crippen molar-refractivity contribution in [2.75, 3.05) is 13.1 Å². The van der Waals surface area contributed by atoms with Gasteiger partial charge in [-0.05, 0) is 50.0 Å². The summed E-state index contributed by atoms with van der Waals surface area (Å²) in [6.07, 6.45) is 0.641. The van der Waals surface area contributed by atoms with Crippen LogP contribution in [0.4, 0.5) is 13.2 Å². The molecule has 1 fully saturated rings. The van der Waals surface area contributed by atoms with Gasteiger partial charge in [-0.25, -0.2) is 4.79 Å². The van der Waals surface area contributed by atoms with Crippen LogP contribution in [0.25, 0.3) is 11.4 Å². The van der Waals surface area contributed by atoms with E-state index in [1.807, 2.05) is 22.9 Å². The van der Waals surface area contributed by atoms with E-state index < -0.39 is 12.1 Å². The molecule has 4 heterocycles. The number of likely N-dealkylation sites (tertiary alicyclic amines) is 1. The maximum Gasteiger partial charge on any atom is 0.490 e. The molecule has 1 N–H and O–H groups in total. The number of carbonyl (C=O) groups excluding carboxylic acids is 1. The third-order valence-corrected chi connectivity index (χ3v) is 5.83. The van der Waals surface area contributed by atoms with Crippen molar-refractivity contribution in [1.29, 1.82) is 0 Å². The van der Waals surface area contributed by atoms with Crippen LogP contribution in [0.5, 0.6) is 0 Å². The van der Waals surface area contributed by atoms with E-state index in [1.54, 1.807) is 0 Å². The van der Waals surface area contributed by atoms with Gasteiger partial charge in [-0.2, -0.15) is 18.2 Å². The van der Waals surface area contributed by atoms with Gasteiger partial charge in [-0.3, -0.25) is 9.69 Å². The summed E-state index contributed by atoms with van der Waals surface area (Å²) in [5.74, 6) is -1.42. The molecule has 0 radical (unpaired) electrons. The molecule has 3 aromatic rings. The van der Waals surface area contributed by atoms with Gasteiger partial charge in [-0.15, -0.1) is 0 Å². The zero-order valence-corrected chi connectivity index (χ0v) is 18.2. The number of carboxylic acids is 1. The Morgan fingerprint density at radius 2 is 1.82 bits per heavy atom. The highest BCUT2D eigenvalue weighted by Gasteiger charge is 2.38. The van der Waals surface area contributed by atoms with Crippen molar-refractivity contribution in [3.05, 3.63) is 59.7 Å². The molecule has 2 aliphatic heterocycles. The molecule has 34 heavy (non-hydrogen) atoms. The fourth-order valence-corrected chi connectivity index (χ4v) is 4.13. The van der Waals surface area contributed by atoms with E-state index >= 15 is 0 Å². The molecular formula is C23H23F3N4O4. The average molecular weight is 476 g/mol. The van der Waals surface area contributed by atoms with E-state index in [9.17, 15) is 18.0 Å². The van der Waals surface area contributed by atoms with Crippen LogP contribution in [-0.2, 0) is 11.3 Å². The van der Waals surface area contributed by atoms with E-state index in [0.717, 1.165) is 17.8 Å². The maximum absolute atomic E-state index is 12.0. The third-order valence-electron chi connectivity index (χ3n) is 5.83. The van der Waals surface area contributed by atoms with Gasteiger partial charge in [0.15, 0.2) is 5.78 Å². The van der Waals surface area contributed by atoms with Crippen LogP contribution in [0.2, 0.25) is 0 Å².